The number of aromatic amines is 1. The zero-order valence-electron chi connectivity index (χ0n) is 21.0. The van der Waals surface area contributed by atoms with Crippen LogP contribution in [0.2, 0.25) is 0 Å². The Morgan fingerprint density at radius 2 is 1.60 bits per heavy atom. The monoisotopic (exact) mass is 527 g/mol. The highest BCUT2D eigenvalue weighted by Crippen LogP contribution is 2.27. The molecule has 206 valence electrons. The Morgan fingerprint density at radius 3 is 1.97 bits per heavy atom. The molecule has 0 spiro atoms. The fraction of sp³-hybridized carbons (Fsp3) is 0.810. The van der Waals surface area contributed by atoms with Gasteiger partial charge in [-0.1, -0.05) is 41.0 Å². The molecule has 0 unspecified atom stereocenters. The lowest BCUT2D eigenvalue weighted by atomic mass is 10.1. The highest BCUT2D eigenvalue weighted by molar-refractivity contribution is 7.45. The maximum Gasteiger partial charge on any atom is 0.466 e. The van der Waals surface area contributed by atoms with E-state index in [1.54, 1.807) is 0 Å². The van der Waals surface area contributed by atoms with Crippen LogP contribution in [-0.2, 0) is 9.30 Å². The molecular formula is C21H42N3O10P. The minimum absolute atomic E-state index is 0.479. The summed E-state index contributed by atoms with van der Waals surface area (Å²) < 4.78 is 15.0. The first-order valence-corrected chi connectivity index (χ1v) is 13.1. The topological polar surface area (TPSA) is 206 Å². The largest absolute Gasteiger partial charge is 0.466 e. The van der Waals surface area contributed by atoms with Crippen molar-refractivity contribution in [2.45, 2.75) is 72.0 Å². The minimum atomic E-state index is -4.64. The average molecular weight is 528 g/mol. The van der Waals surface area contributed by atoms with E-state index >= 15 is 0 Å². The number of aromatic nitrogens is 2. The Bertz CT molecular complexity index is 851. The van der Waals surface area contributed by atoms with Crippen molar-refractivity contribution in [1.82, 2.24) is 14.5 Å². The van der Waals surface area contributed by atoms with Crippen molar-refractivity contribution in [1.29, 1.82) is 0 Å². The highest BCUT2D eigenvalue weighted by atomic mass is 31.2. The smallest absolute Gasteiger partial charge is 0.394 e. The van der Waals surface area contributed by atoms with Crippen molar-refractivity contribution in [2.24, 2.45) is 11.8 Å². The standard InChI is InChI=1S/C12H27N.C9H12N2O6.H3O4P/c1-6-7-8-13(9-11(2)3)10-12(4)5;12-3-4-6(14)7(15)8(17-4)11-2-1-5(13)10-9(11)16;1-5(2,3)4/h11-12H,6-10H2,1-5H3;1-2,4,6-8,12,14-15H,3H2,(H,10,13,16);(H3,1,2,3,4)/t;4-,6-,7-,8-;/m.1./s1. The van der Waals surface area contributed by atoms with Crippen LogP contribution in [0.3, 0.4) is 0 Å². The van der Waals surface area contributed by atoms with Gasteiger partial charge in [0, 0.05) is 25.4 Å². The number of ether oxygens (including phenoxy) is 1. The summed E-state index contributed by atoms with van der Waals surface area (Å²) >= 11 is 0. The molecule has 0 aromatic carbocycles. The van der Waals surface area contributed by atoms with Gasteiger partial charge in [-0.05, 0) is 24.8 Å². The van der Waals surface area contributed by atoms with E-state index in [2.05, 4.69) is 39.5 Å². The van der Waals surface area contributed by atoms with Crippen LogP contribution in [0, 0.1) is 11.8 Å². The van der Waals surface area contributed by atoms with E-state index in [4.69, 9.17) is 29.1 Å². The molecule has 0 amide bonds. The van der Waals surface area contributed by atoms with Crippen LogP contribution in [0.1, 0.15) is 53.7 Å². The molecule has 2 rings (SSSR count). The van der Waals surface area contributed by atoms with Gasteiger partial charge < -0.3 is 39.6 Å². The summed E-state index contributed by atoms with van der Waals surface area (Å²) in [6, 6.07) is 1.09. The van der Waals surface area contributed by atoms with Crippen LogP contribution >= 0.6 is 7.82 Å². The predicted molar refractivity (Wildman–Crippen MR) is 130 cm³/mol. The third-order valence-corrected chi connectivity index (χ3v) is 4.72. The molecule has 0 bridgehead atoms. The van der Waals surface area contributed by atoms with E-state index in [0.29, 0.717) is 0 Å². The first kappa shape index (κ1) is 33.6. The molecule has 4 atom stereocenters. The van der Waals surface area contributed by atoms with Crippen LogP contribution in [0.25, 0.3) is 0 Å². The number of hydrogen-bond donors (Lipinski definition) is 7. The van der Waals surface area contributed by atoms with E-state index < -0.39 is 50.2 Å². The van der Waals surface area contributed by atoms with Crippen molar-refractivity contribution in [2.75, 3.05) is 26.2 Å². The molecular weight excluding hydrogens is 485 g/mol. The van der Waals surface area contributed by atoms with Crippen LogP contribution in [0.4, 0.5) is 0 Å². The van der Waals surface area contributed by atoms with Gasteiger partial charge in [-0.3, -0.25) is 14.3 Å². The fourth-order valence-corrected chi connectivity index (χ4v) is 3.41. The first-order chi connectivity index (χ1) is 16.1. The van der Waals surface area contributed by atoms with Crippen LogP contribution < -0.4 is 11.2 Å². The SMILES string of the molecule is CCCCN(CC(C)C)CC(C)C.O=P(O)(O)O.O=c1ccn([C@@H]2O[C@H](CO)[C@@H](O)[C@H]2O)c(=O)[nH]1. The number of nitrogens with zero attached hydrogens (tertiary/aromatic N) is 2. The second kappa shape index (κ2) is 16.4. The minimum Gasteiger partial charge on any atom is -0.394 e. The van der Waals surface area contributed by atoms with E-state index in [0.717, 1.165) is 28.7 Å². The van der Waals surface area contributed by atoms with Gasteiger partial charge in [0.1, 0.15) is 18.3 Å². The quantitative estimate of drug-likeness (QED) is 0.206. The molecule has 35 heavy (non-hydrogen) atoms. The number of phosphoric acid groups is 1. The summed E-state index contributed by atoms with van der Waals surface area (Å²) in [4.78, 5) is 48.5. The Balaban J connectivity index is 0.000000571. The zero-order chi connectivity index (χ0) is 27.3. The number of nitrogens with one attached hydrogen (secondary N) is 1. The van der Waals surface area contributed by atoms with Crippen LogP contribution in [0.15, 0.2) is 21.9 Å². The molecule has 0 radical (unpaired) electrons. The average Bonchev–Trinajstić information content (AvgIpc) is 2.99. The van der Waals surface area contributed by atoms with Gasteiger partial charge in [0.2, 0.25) is 0 Å². The van der Waals surface area contributed by atoms with Gasteiger partial charge in [-0.15, -0.1) is 0 Å². The molecule has 0 saturated carbocycles. The number of aliphatic hydroxyl groups excluding tert-OH is 3. The van der Waals surface area contributed by atoms with Gasteiger partial charge in [-0.2, -0.15) is 0 Å². The van der Waals surface area contributed by atoms with Crippen molar-refractivity contribution >= 4 is 7.82 Å². The van der Waals surface area contributed by atoms with Crippen molar-refractivity contribution < 1.29 is 39.3 Å². The highest BCUT2D eigenvalue weighted by Gasteiger charge is 2.43. The molecule has 1 fully saturated rings. The number of rotatable bonds is 9. The third kappa shape index (κ3) is 14.7. The van der Waals surface area contributed by atoms with Crippen LogP contribution in [0.5, 0.6) is 0 Å². The summed E-state index contributed by atoms with van der Waals surface area (Å²) in [7, 11) is -4.64. The predicted octanol–water partition coefficient (Wildman–Crippen LogP) is -0.380. The third-order valence-electron chi connectivity index (χ3n) is 4.72. The molecule has 7 N–H and O–H groups in total. The van der Waals surface area contributed by atoms with Gasteiger partial charge in [-0.25, -0.2) is 9.36 Å². The Hall–Kier alpha value is -1.41. The van der Waals surface area contributed by atoms with Crippen LogP contribution in [-0.4, -0.2) is 89.0 Å². The maximum atomic E-state index is 11.4. The molecule has 1 aliphatic rings. The van der Waals surface area contributed by atoms with Crippen molar-refractivity contribution in [3.63, 3.8) is 0 Å². The molecule has 1 aromatic heterocycles. The summed E-state index contributed by atoms with van der Waals surface area (Å²) in [6.45, 7) is 14.8. The molecule has 1 saturated heterocycles. The lowest BCUT2D eigenvalue weighted by Gasteiger charge is -2.25. The molecule has 13 nitrogen and oxygen atoms in total. The van der Waals surface area contributed by atoms with Crippen molar-refractivity contribution in [3.05, 3.63) is 33.1 Å². The number of aliphatic hydroxyl groups is 3. The summed E-state index contributed by atoms with van der Waals surface area (Å²) in [6.07, 6.45) is -0.923. The Kier molecular flexibility index (Phi) is 15.7. The van der Waals surface area contributed by atoms with Gasteiger partial charge in [0.05, 0.1) is 6.61 Å². The Morgan fingerprint density at radius 1 is 1.09 bits per heavy atom. The second-order valence-electron chi connectivity index (χ2n) is 9.16. The number of hydrogen-bond acceptors (Lipinski definition) is 8. The van der Waals surface area contributed by atoms with Crippen molar-refractivity contribution in [3.8, 4) is 0 Å². The number of unbranched alkanes of at least 4 members (excludes halogenated alkanes) is 1. The van der Waals surface area contributed by atoms with E-state index in [-0.39, 0.29) is 0 Å². The summed E-state index contributed by atoms with van der Waals surface area (Å²) in [5, 5.41) is 28.1. The maximum absolute atomic E-state index is 11.4. The molecule has 0 aliphatic carbocycles. The normalized spacial score (nSPS) is 22.1. The second-order valence-corrected chi connectivity index (χ2v) is 10.2. The first-order valence-electron chi connectivity index (χ1n) is 11.5. The van der Waals surface area contributed by atoms with Gasteiger partial charge in [0.15, 0.2) is 6.23 Å². The van der Waals surface area contributed by atoms with E-state index in [1.807, 2.05) is 4.98 Å². The molecule has 2 heterocycles. The molecule has 1 aliphatic heterocycles. The fourth-order valence-electron chi connectivity index (χ4n) is 3.41. The zero-order valence-corrected chi connectivity index (χ0v) is 21.9. The molecule has 14 heteroatoms. The lowest BCUT2D eigenvalue weighted by Crippen LogP contribution is -2.37. The van der Waals surface area contributed by atoms with E-state index in [9.17, 15) is 19.8 Å². The van der Waals surface area contributed by atoms with E-state index in [1.165, 1.54) is 32.5 Å². The summed E-state index contributed by atoms with van der Waals surface area (Å²) in [5.41, 5.74) is -1.33. The molecule has 1 aromatic rings. The summed E-state index contributed by atoms with van der Waals surface area (Å²) in [5.74, 6) is 1.60. The van der Waals surface area contributed by atoms with Gasteiger partial charge in [0.25, 0.3) is 5.56 Å². The number of H-pyrrole nitrogens is 1. The Labute approximate surface area is 205 Å². The lowest BCUT2D eigenvalue weighted by molar-refractivity contribution is -0.0550. The van der Waals surface area contributed by atoms with Gasteiger partial charge >= 0.3 is 13.5 Å².